The lowest BCUT2D eigenvalue weighted by atomic mass is 10.1. The van der Waals surface area contributed by atoms with Gasteiger partial charge in [-0.25, -0.2) is 4.39 Å². The van der Waals surface area contributed by atoms with Gasteiger partial charge in [0.2, 0.25) is 5.91 Å². The lowest BCUT2D eigenvalue weighted by Gasteiger charge is -2.35. The van der Waals surface area contributed by atoms with E-state index in [4.69, 9.17) is 5.26 Å². The first-order valence-electron chi connectivity index (χ1n) is 9.01. The van der Waals surface area contributed by atoms with Crippen molar-refractivity contribution in [1.82, 2.24) is 4.90 Å². The van der Waals surface area contributed by atoms with Crippen molar-refractivity contribution in [2.75, 3.05) is 31.1 Å². The molecule has 0 radical (unpaired) electrons. The topological polar surface area (TPSA) is 64.4 Å². The smallest absolute Gasteiger partial charge is 0.246 e. The Hall–Kier alpha value is -3.46. The van der Waals surface area contributed by atoms with E-state index in [1.54, 1.807) is 41.3 Å². The number of hydrogen-bond acceptors (Lipinski definition) is 4. The van der Waals surface area contributed by atoms with E-state index in [1.165, 1.54) is 19.1 Å². The number of ketones is 1. The van der Waals surface area contributed by atoms with E-state index in [1.807, 2.05) is 11.0 Å². The van der Waals surface area contributed by atoms with E-state index in [0.717, 1.165) is 0 Å². The van der Waals surface area contributed by atoms with Crippen LogP contribution in [0.1, 0.15) is 28.4 Å². The van der Waals surface area contributed by atoms with Gasteiger partial charge in [-0.1, -0.05) is 18.2 Å². The number of rotatable bonds is 4. The highest BCUT2D eigenvalue weighted by Crippen LogP contribution is 2.22. The molecule has 2 aromatic carbocycles. The van der Waals surface area contributed by atoms with Gasteiger partial charge in [0.15, 0.2) is 5.78 Å². The Bertz CT molecular complexity index is 970. The van der Waals surface area contributed by atoms with Gasteiger partial charge in [0, 0.05) is 37.8 Å². The normalized spacial score (nSPS) is 14.2. The van der Waals surface area contributed by atoms with Crippen LogP contribution in [0.2, 0.25) is 0 Å². The zero-order valence-electron chi connectivity index (χ0n) is 15.6. The van der Waals surface area contributed by atoms with Crippen LogP contribution in [-0.4, -0.2) is 42.8 Å². The third-order valence-corrected chi connectivity index (χ3v) is 4.77. The summed E-state index contributed by atoms with van der Waals surface area (Å²) in [5.74, 6) is -0.745. The molecule has 0 saturated carbocycles. The van der Waals surface area contributed by atoms with Crippen LogP contribution < -0.4 is 4.90 Å². The second-order valence-electron chi connectivity index (χ2n) is 6.57. The summed E-state index contributed by atoms with van der Waals surface area (Å²) < 4.78 is 14.3. The van der Waals surface area contributed by atoms with E-state index in [2.05, 4.69) is 6.07 Å². The van der Waals surface area contributed by atoms with Crippen molar-refractivity contribution >= 4 is 23.5 Å². The molecule has 1 heterocycles. The molecule has 3 rings (SSSR count). The SMILES string of the molecule is CC(=O)c1ccc(N2CCN(C(=O)C=Cc3ccccc3C#N)CC2)c(F)c1. The van der Waals surface area contributed by atoms with Crippen molar-refractivity contribution in [3.05, 3.63) is 71.0 Å². The Morgan fingerprint density at radius 1 is 1.11 bits per heavy atom. The predicted molar refractivity (Wildman–Crippen MR) is 105 cm³/mol. The Labute approximate surface area is 163 Å². The van der Waals surface area contributed by atoms with Crippen LogP contribution in [0.15, 0.2) is 48.5 Å². The zero-order valence-corrected chi connectivity index (χ0v) is 15.6. The molecule has 1 amide bonds. The first-order chi connectivity index (χ1) is 13.5. The number of carbonyl (C=O) groups is 2. The van der Waals surface area contributed by atoms with Crippen LogP contribution in [0.3, 0.4) is 0 Å². The van der Waals surface area contributed by atoms with E-state index < -0.39 is 5.82 Å². The van der Waals surface area contributed by atoms with E-state index >= 15 is 0 Å². The highest BCUT2D eigenvalue weighted by atomic mass is 19.1. The molecule has 5 nitrogen and oxygen atoms in total. The average Bonchev–Trinajstić information content (AvgIpc) is 2.72. The zero-order chi connectivity index (χ0) is 20.1. The molecule has 1 saturated heterocycles. The number of benzene rings is 2. The number of Topliss-reactive ketones (excluding diaryl/α,β-unsaturated/α-hetero) is 1. The fourth-order valence-electron chi connectivity index (χ4n) is 3.16. The summed E-state index contributed by atoms with van der Waals surface area (Å²) >= 11 is 0. The minimum atomic E-state index is -0.430. The van der Waals surface area contributed by atoms with Crippen molar-refractivity contribution in [3.63, 3.8) is 0 Å². The monoisotopic (exact) mass is 377 g/mol. The van der Waals surface area contributed by atoms with Gasteiger partial charge in [0.1, 0.15) is 5.82 Å². The van der Waals surface area contributed by atoms with Gasteiger partial charge in [0.25, 0.3) is 0 Å². The van der Waals surface area contributed by atoms with Crippen LogP contribution in [0, 0.1) is 17.1 Å². The third kappa shape index (κ3) is 4.26. The largest absolute Gasteiger partial charge is 0.366 e. The van der Waals surface area contributed by atoms with Crippen molar-refractivity contribution in [3.8, 4) is 6.07 Å². The van der Waals surface area contributed by atoms with Gasteiger partial charge in [-0.05, 0) is 42.8 Å². The minimum Gasteiger partial charge on any atom is -0.366 e. The number of anilines is 1. The molecule has 0 bridgehead atoms. The Morgan fingerprint density at radius 2 is 1.82 bits per heavy atom. The number of nitriles is 1. The molecule has 28 heavy (non-hydrogen) atoms. The molecule has 1 aliphatic heterocycles. The number of nitrogens with zero attached hydrogens (tertiary/aromatic N) is 3. The summed E-state index contributed by atoms with van der Waals surface area (Å²) in [6.07, 6.45) is 3.11. The molecule has 0 atom stereocenters. The summed E-state index contributed by atoms with van der Waals surface area (Å²) in [7, 11) is 0. The number of hydrogen-bond donors (Lipinski definition) is 0. The third-order valence-electron chi connectivity index (χ3n) is 4.77. The quantitative estimate of drug-likeness (QED) is 0.606. The molecule has 2 aromatic rings. The maximum absolute atomic E-state index is 14.3. The second kappa shape index (κ2) is 8.49. The van der Waals surface area contributed by atoms with Crippen LogP contribution in [-0.2, 0) is 4.79 Å². The van der Waals surface area contributed by atoms with Crippen molar-refractivity contribution < 1.29 is 14.0 Å². The summed E-state index contributed by atoms with van der Waals surface area (Å²) in [5, 5.41) is 9.11. The molecular formula is C22H20FN3O2. The molecule has 142 valence electrons. The Kier molecular flexibility index (Phi) is 5.85. The lowest BCUT2D eigenvalue weighted by Crippen LogP contribution is -2.48. The van der Waals surface area contributed by atoms with Gasteiger partial charge >= 0.3 is 0 Å². The number of amides is 1. The fourth-order valence-corrected chi connectivity index (χ4v) is 3.16. The van der Waals surface area contributed by atoms with Crippen molar-refractivity contribution in [2.45, 2.75) is 6.92 Å². The van der Waals surface area contributed by atoms with Gasteiger partial charge in [0.05, 0.1) is 17.3 Å². The first kappa shape index (κ1) is 19.3. The summed E-state index contributed by atoms with van der Waals surface area (Å²) in [6.45, 7) is 3.35. The van der Waals surface area contributed by atoms with Gasteiger partial charge < -0.3 is 9.80 Å². The maximum atomic E-state index is 14.3. The lowest BCUT2D eigenvalue weighted by molar-refractivity contribution is -0.126. The Morgan fingerprint density at radius 3 is 2.46 bits per heavy atom. The number of halogens is 1. The summed E-state index contributed by atoms with van der Waals surface area (Å²) in [5.41, 5.74) is 2.00. The van der Waals surface area contributed by atoms with E-state index in [0.29, 0.717) is 48.6 Å². The number of piperazine rings is 1. The van der Waals surface area contributed by atoms with Crippen LogP contribution in [0.4, 0.5) is 10.1 Å². The van der Waals surface area contributed by atoms with Crippen molar-refractivity contribution in [2.24, 2.45) is 0 Å². The van der Waals surface area contributed by atoms with E-state index in [-0.39, 0.29) is 11.7 Å². The highest BCUT2D eigenvalue weighted by Gasteiger charge is 2.22. The maximum Gasteiger partial charge on any atom is 0.246 e. The van der Waals surface area contributed by atoms with E-state index in [9.17, 15) is 14.0 Å². The van der Waals surface area contributed by atoms with Gasteiger partial charge in [-0.3, -0.25) is 9.59 Å². The van der Waals surface area contributed by atoms with Crippen LogP contribution >= 0.6 is 0 Å². The minimum absolute atomic E-state index is 0.139. The fraction of sp³-hybridized carbons (Fsp3) is 0.227. The molecule has 1 fully saturated rings. The molecule has 0 spiro atoms. The first-order valence-corrected chi connectivity index (χ1v) is 9.01. The van der Waals surface area contributed by atoms with Crippen LogP contribution in [0.25, 0.3) is 6.08 Å². The molecule has 0 unspecified atom stereocenters. The molecule has 1 aliphatic rings. The van der Waals surface area contributed by atoms with Gasteiger partial charge in [-0.15, -0.1) is 0 Å². The molecule has 6 heteroatoms. The summed E-state index contributed by atoms with van der Waals surface area (Å²) in [6, 6.07) is 13.7. The summed E-state index contributed by atoms with van der Waals surface area (Å²) in [4.78, 5) is 27.4. The molecule has 0 aliphatic carbocycles. The van der Waals surface area contributed by atoms with Gasteiger partial charge in [-0.2, -0.15) is 5.26 Å². The van der Waals surface area contributed by atoms with Crippen LogP contribution in [0.5, 0.6) is 0 Å². The highest BCUT2D eigenvalue weighted by molar-refractivity contribution is 5.94. The van der Waals surface area contributed by atoms with Crippen molar-refractivity contribution in [1.29, 1.82) is 5.26 Å². The predicted octanol–water partition coefficient (Wildman–Crippen LogP) is 3.26. The number of carbonyl (C=O) groups excluding carboxylic acids is 2. The molecule has 0 N–H and O–H groups in total. The average molecular weight is 377 g/mol. The molecular weight excluding hydrogens is 357 g/mol. The second-order valence-corrected chi connectivity index (χ2v) is 6.57. The Balaban J connectivity index is 1.62. The molecule has 0 aromatic heterocycles. The standard InChI is InChI=1S/C22H20FN3O2/c1-16(27)18-6-8-21(20(23)14-18)25-10-12-26(13-11-25)22(28)9-7-17-4-2-3-5-19(17)15-24/h2-9,14H,10-13H2,1H3.